The van der Waals surface area contributed by atoms with Gasteiger partial charge in [0.05, 0.1) is 15.1 Å². The van der Waals surface area contributed by atoms with Gasteiger partial charge in [0, 0.05) is 0 Å². The molecule has 0 aliphatic heterocycles. The minimum atomic E-state index is 0.436. The Morgan fingerprint density at radius 1 is 1.09 bits per heavy atom. The lowest BCUT2D eigenvalue weighted by Crippen LogP contribution is -1.80. The van der Waals surface area contributed by atoms with Crippen molar-refractivity contribution in [3.63, 3.8) is 0 Å². The molecule has 0 radical (unpaired) electrons. The zero-order valence-corrected chi connectivity index (χ0v) is 8.26. The highest BCUT2D eigenvalue weighted by Crippen LogP contribution is 2.31. The van der Waals surface area contributed by atoms with E-state index in [2.05, 4.69) is 0 Å². The van der Waals surface area contributed by atoms with Crippen molar-refractivity contribution < 1.29 is 0 Å². The maximum Gasteiger partial charge on any atom is 0.0778 e. The molecule has 0 unspecified atom stereocenters. The third kappa shape index (κ3) is 2.02. The number of rotatable bonds is 1. The maximum atomic E-state index is 5.78. The molecule has 0 saturated carbocycles. The molecule has 0 aliphatic rings. The van der Waals surface area contributed by atoms with Crippen LogP contribution >= 0.6 is 34.8 Å². The van der Waals surface area contributed by atoms with Crippen molar-refractivity contribution in [2.24, 2.45) is 0 Å². The first kappa shape index (κ1) is 9.18. The van der Waals surface area contributed by atoms with E-state index in [0.717, 1.165) is 12.0 Å². The SMILES string of the molecule is CCc1cc(Cl)c(Cl)c(Cl)c1. The average molecular weight is 210 g/mol. The molecule has 0 N–H and O–H groups in total. The monoisotopic (exact) mass is 208 g/mol. The second kappa shape index (κ2) is 3.66. The van der Waals surface area contributed by atoms with E-state index in [0.29, 0.717) is 15.1 Å². The number of halogens is 3. The molecule has 60 valence electrons. The molecule has 0 nitrogen and oxygen atoms in total. The van der Waals surface area contributed by atoms with Crippen LogP contribution in [0.3, 0.4) is 0 Å². The standard InChI is InChI=1S/C8H7Cl3/c1-2-5-3-6(9)8(11)7(10)4-5/h3-4H,2H2,1H3. The highest BCUT2D eigenvalue weighted by atomic mass is 35.5. The first-order valence-corrected chi connectivity index (χ1v) is 4.42. The van der Waals surface area contributed by atoms with E-state index in [9.17, 15) is 0 Å². The van der Waals surface area contributed by atoms with Crippen LogP contribution in [0.15, 0.2) is 12.1 Å². The van der Waals surface area contributed by atoms with Crippen LogP contribution < -0.4 is 0 Å². The molecular formula is C8H7Cl3. The van der Waals surface area contributed by atoms with Gasteiger partial charge in [0.2, 0.25) is 0 Å². The van der Waals surface area contributed by atoms with Crippen LogP contribution in [0, 0.1) is 0 Å². The number of aryl methyl sites for hydroxylation is 1. The normalized spacial score (nSPS) is 10.2. The van der Waals surface area contributed by atoms with Crippen molar-refractivity contribution in [2.45, 2.75) is 13.3 Å². The fraction of sp³-hybridized carbons (Fsp3) is 0.250. The van der Waals surface area contributed by atoms with E-state index >= 15 is 0 Å². The van der Waals surface area contributed by atoms with Crippen molar-refractivity contribution in [1.29, 1.82) is 0 Å². The smallest absolute Gasteiger partial charge is 0.0778 e. The summed E-state index contributed by atoms with van der Waals surface area (Å²) in [4.78, 5) is 0. The van der Waals surface area contributed by atoms with Crippen molar-refractivity contribution in [3.8, 4) is 0 Å². The number of hydrogen-bond donors (Lipinski definition) is 0. The quantitative estimate of drug-likeness (QED) is 0.608. The van der Waals surface area contributed by atoms with Crippen LogP contribution in [0.1, 0.15) is 12.5 Å². The zero-order chi connectivity index (χ0) is 8.43. The summed E-state index contributed by atoms with van der Waals surface area (Å²) in [6.07, 6.45) is 0.913. The lowest BCUT2D eigenvalue weighted by Gasteiger charge is -2.01. The molecule has 0 amide bonds. The van der Waals surface area contributed by atoms with Gasteiger partial charge in [-0.15, -0.1) is 0 Å². The highest BCUT2D eigenvalue weighted by Gasteiger charge is 2.03. The van der Waals surface area contributed by atoms with Crippen LogP contribution in [0.25, 0.3) is 0 Å². The summed E-state index contributed by atoms with van der Waals surface area (Å²) >= 11 is 17.3. The van der Waals surface area contributed by atoms with Gasteiger partial charge in [-0.25, -0.2) is 0 Å². The molecule has 0 fully saturated rings. The average Bonchev–Trinajstić information content (AvgIpc) is 1.99. The predicted octanol–water partition coefficient (Wildman–Crippen LogP) is 4.21. The van der Waals surface area contributed by atoms with Gasteiger partial charge in [-0.05, 0) is 24.1 Å². The lowest BCUT2D eigenvalue weighted by atomic mass is 10.2. The molecule has 1 rings (SSSR count). The molecule has 11 heavy (non-hydrogen) atoms. The molecule has 0 saturated heterocycles. The first-order valence-electron chi connectivity index (χ1n) is 3.28. The summed E-state index contributed by atoms with van der Waals surface area (Å²) in [5, 5.41) is 1.48. The van der Waals surface area contributed by atoms with Crippen LogP contribution in [0.4, 0.5) is 0 Å². The topological polar surface area (TPSA) is 0 Å². The van der Waals surface area contributed by atoms with Crippen LogP contribution in [0.2, 0.25) is 15.1 Å². The largest absolute Gasteiger partial charge is 0.0826 e. The predicted molar refractivity (Wildman–Crippen MR) is 50.9 cm³/mol. The van der Waals surface area contributed by atoms with Crippen LogP contribution in [0.5, 0.6) is 0 Å². The van der Waals surface area contributed by atoms with Gasteiger partial charge < -0.3 is 0 Å². The Hall–Kier alpha value is 0.0900. The van der Waals surface area contributed by atoms with Gasteiger partial charge in [0.25, 0.3) is 0 Å². The third-order valence-electron chi connectivity index (χ3n) is 1.45. The Morgan fingerprint density at radius 2 is 1.55 bits per heavy atom. The van der Waals surface area contributed by atoms with E-state index in [1.165, 1.54) is 0 Å². The minimum Gasteiger partial charge on any atom is -0.0826 e. The van der Waals surface area contributed by atoms with Gasteiger partial charge in [0.1, 0.15) is 0 Å². The van der Waals surface area contributed by atoms with Crippen molar-refractivity contribution >= 4 is 34.8 Å². The fourth-order valence-corrected chi connectivity index (χ4v) is 1.45. The summed E-state index contributed by atoms with van der Waals surface area (Å²) in [5.74, 6) is 0. The van der Waals surface area contributed by atoms with Gasteiger partial charge >= 0.3 is 0 Å². The van der Waals surface area contributed by atoms with Crippen LogP contribution in [-0.2, 0) is 6.42 Å². The Morgan fingerprint density at radius 3 is 1.91 bits per heavy atom. The number of hydrogen-bond acceptors (Lipinski definition) is 0. The maximum absolute atomic E-state index is 5.78. The van der Waals surface area contributed by atoms with E-state index in [1.807, 2.05) is 19.1 Å². The summed E-state index contributed by atoms with van der Waals surface area (Å²) in [7, 11) is 0. The Kier molecular flexibility index (Phi) is 3.06. The first-order chi connectivity index (χ1) is 5.15. The van der Waals surface area contributed by atoms with Crippen LogP contribution in [-0.4, -0.2) is 0 Å². The Bertz CT molecular complexity index is 245. The summed E-state index contributed by atoms with van der Waals surface area (Å²) < 4.78 is 0. The van der Waals surface area contributed by atoms with Crippen molar-refractivity contribution in [2.75, 3.05) is 0 Å². The zero-order valence-electron chi connectivity index (χ0n) is 6.00. The van der Waals surface area contributed by atoms with Gasteiger partial charge in [-0.2, -0.15) is 0 Å². The second-order valence-electron chi connectivity index (χ2n) is 2.23. The molecule has 1 aromatic carbocycles. The Balaban J connectivity index is 3.21. The molecular weight excluding hydrogens is 202 g/mol. The molecule has 3 heteroatoms. The molecule has 1 aromatic rings. The van der Waals surface area contributed by atoms with Crippen molar-refractivity contribution in [3.05, 3.63) is 32.8 Å². The van der Waals surface area contributed by atoms with E-state index in [-0.39, 0.29) is 0 Å². The summed E-state index contributed by atoms with van der Waals surface area (Å²) in [6, 6.07) is 3.66. The molecule has 0 aliphatic carbocycles. The fourth-order valence-electron chi connectivity index (χ4n) is 0.812. The van der Waals surface area contributed by atoms with Gasteiger partial charge in [-0.1, -0.05) is 41.7 Å². The molecule has 0 aromatic heterocycles. The summed E-state index contributed by atoms with van der Waals surface area (Å²) in [5.41, 5.74) is 1.10. The molecule has 0 heterocycles. The second-order valence-corrected chi connectivity index (χ2v) is 3.42. The highest BCUT2D eigenvalue weighted by molar-refractivity contribution is 6.48. The minimum absolute atomic E-state index is 0.436. The van der Waals surface area contributed by atoms with Gasteiger partial charge in [0.15, 0.2) is 0 Å². The lowest BCUT2D eigenvalue weighted by molar-refractivity contribution is 1.14. The Labute approximate surface area is 81.1 Å². The molecule has 0 atom stereocenters. The molecule has 0 spiro atoms. The third-order valence-corrected chi connectivity index (χ3v) is 2.65. The van der Waals surface area contributed by atoms with E-state index in [4.69, 9.17) is 34.8 Å². The van der Waals surface area contributed by atoms with E-state index in [1.54, 1.807) is 0 Å². The number of benzene rings is 1. The van der Waals surface area contributed by atoms with E-state index < -0.39 is 0 Å². The molecule has 0 bridgehead atoms. The van der Waals surface area contributed by atoms with Gasteiger partial charge in [-0.3, -0.25) is 0 Å². The summed E-state index contributed by atoms with van der Waals surface area (Å²) in [6.45, 7) is 2.04. The van der Waals surface area contributed by atoms with Crippen molar-refractivity contribution in [1.82, 2.24) is 0 Å².